The fraction of sp³-hybridized carbons (Fsp3) is 0.310. The largest absolute Gasteiger partial charge is 0.493 e. The summed E-state index contributed by atoms with van der Waals surface area (Å²) in [5, 5.41) is 0. The van der Waals surface area contributed by atoms with Gasteiger partial charge in [-0.3, -0.25) is 4.79 Å². The molecule has 2 N–H and O–H groups in total. The Hall–Kier alpha value is -4.24. The van der Waals surface area contributed by atoms with Crippen LogP contribution in [0.4, 0.5) is 0 Å². The van der Waals surface area contributed by atoms with Crippen molar-refractivity contribution in [1.82, 2.24) is 0 Å². The Morgan fingerprint density at radius 1 is 0.895 bits per heavy atom. The summed E-state index contributed by atoms with van der Waals surface area (Å²) in [6.07, 6.45) is 0.672. The number of Topliss-reactive ketones (excluding diaryl/α,β-unsaturated/α-hetero) is 1. The molecule has 0 aliphatic carbocycles. The fourth-order valence-electron chi connectivity index (χ4n) is 4.45. The van der Waals surface area contributed by atoms with Crippen LogP contribution in [0, 0.1) is 5.92 Å². The standard InChI is InChI=1S/C29H31NO8/c1-33-21-11-10-18(14-22(21)38-29(32)20(30)13-17-8-6-5-7-9-17)12-19-16-37-23-15-24(34-2)27(35-3)28(36-4)25(23)26(19)31/h5-11,14-15,19-20H,12-13,16,30H2,1-4H3/t19?,20-/m0/s1. The normalized spacial score (nSPS) is 15.1. The van der Waals surface area contributed by atoms with Gasteiger partial charge in [-0.25, -0.2) is 4.79 Å². The zero-order valence-corrected chi connectivity index (χ0v) is 21.8. The Morgan fingerprint density at radius 2 is 1.61 bits per heavy atom. The number of carbonyl (C=O) groups excluding carboxylic acids is 2. The molecule has 38 heavy (non-hydrogen) atoms. The molecule has 1 unspecified atom stereocenters. The molecule has 0 aromatic heterocycles. The van der Waals surface area contributed by atoms with E-state index < -0.39 is 17.9 Å². The molecule has 1 aliphatic heterocycles. The molecular weight excluding hydrogens is 490 g/mol. The van der Waals surface area contributed by atoms with E-state index >= 15 is 0 Å². The predicted octanol–water partition coefficient (Wildman–Crippen LogP) is 3.63. The van der Waals surface area contributed by atoms with E-state index in [0.29, 0.717) is 41.4 Å². The lowest BCUT2D eigenvalue weighted by Crippen LogP contribution is -2.36. The molecule has 0 radical (unpaired) electrons. The molecule has 0 saturated heterocycles. The highest BCUT2D eigenvalue weighted by Crippen LogP contribution is 2.47. The number of rotatable bonds is 10. The van der Waals surface area contributed by atoms with Crippen LogP contribution in [0.1, 0.15) is 21.5 Å². The molecule has 0 fully saturated rings. The van der Waals surface area contributed by atoms with Gasteiger partial charge in [0.15, 0.2) is 28.8 Å². The summed E-state index contributed by atoms with van der Waals surface area (Å²) in [7, 11) is 5.92. The van der Waals surface area contributed by atoms with E-state index in [1.54, 1.807) is 18.2 Å². The number of hydrogen-bond donors (Lipinski definition) is 1. The second-order valence-electron chi connectivity index (χ2n) is 8.80. The second-order valence-corrected chi connectivity index (χ2v) is 8.80. The van der Waals surface area contributed by atoms with Gasteiger partial charge in [0.2, 0.25) is 5.75 Å². The second kappa shape index (κ2) is 11.9. The number of ether oxygens (including phenoxy) is 6. The average molecular weight is 522 g/mol. The van der Waals surface area contributed by atoms with Crippen molar-refractivity contribution >= 4 is 11.8 Å². The number of carbonyl (C=O) groups is 2. The van der Waals surface area contributed by atoms with Gasteiger partial charge >= 0.3 is 5.97 Å². The molecule has 200 valence electrons. The number of benzene rings is 3. The molecule has 4 rings (SSSR count). The Morgan fingerprint density at radius 3 is 2.26 bits per heavy atom. The van der Waals surface area contributed by atoms with Crippen molar-refractivity contribution in [2.24, 2.45) is 11.7 Å². The van der Waals surface area contributed by atoms with Crippen LogP contribution >= 0.6 is 0 Å². The molecule has 0 spiro atoms. The number of hydrogen-bond acceptors (Lipinski definition) is 9. The minimum absolute atomic E-state index is 0.150. The first-order valence-corrected chi connectivity index (χ1v) is 12.1. The lowest BCUT2D eigenvalue weighted by atomic mass is 9.88. The molecule has 3 aromatic carbocycles. The number of fused-ring (bicyclic) bond motifs is 1. The summed E-state index contributed by atoms with van der Waals surface area (Å²) < 4.78 is 33.2. The molecule has 0 amide bonds. The minimum atomic E-state index is -0.852. The first-order chi connectivity index (χ1) is 18.4. The Balaban J connectivity index is 1.54. The fourth-order valence-corrected chi connectivity index (χ4v) is 4.45. The molecule has 2 atom stereocenters. The van der Waals surface area contributed by atoms with Crippen LogP contribution in [0.3, 0.4) is 0 Å². The number of nitrogens with two attached hydrogens (primary N) is 1. The molecule has 0 bridgehead atoms. The monoisotopic (exact) mass is 521 g/mol. The van der Waals surface area contributed by atoms with Gasteiger partial charge in [-0.15, -0.1) is 0 Å². The van der Waals surface area contributed by atoms with Crippen molar-refractivity contribution in [3.8, 4) is 34.5 Å². The third-order valence-corrected chi connectivity index (χ3v) is 6.37. The van der Waals surface area contributed by atoms with Gasteiger partial charge < -0.3 is 34.2 Å². The highest BCUT2D eigenvalue weighted by Gasteiger charge is 2.35. The molecule has 9 nitrogen and oxygen atoms in total. The van der Waals surface area contributed by atoms with Crippen LogP contribution in [0.2, 0.25) is 0 Å². The smallest absolute Gasteiger partial charge is 0.328 e. The maximum absolute atomic E-state index is 13.5. The molecule has 1 heterocycles. The molecule has 1 aliphatic rings. The quantitative estimate of drug-likeness (QED) is 0.315. The Bertz CT molecular complexity index is 1310. The highest BCUT2D eigenvalue weighted by atomic mass is 16.6. The van der Waals surface area contributed by atoms with Crippen LogP contribution in [0.15, 0.2) is 54.6 Å². The molecule has 3 aromatic rings. The third-order valence-electron chi connectivity index (χ3n) is 6.37. The van der Waals surface area contributed by atoms with Gasteiger partial charge in [0, 0.05) is 6.07 Å². The maximum Gasteiger partial charge on any atom is 0.328 e. The van der Waals surface area contributed by atoms with Crippen molar-refractivity contribution in [2.45, 2.75) is 18.9 Å². The zero-order chi connectivity index (χ0) is 27.2. The van der Waals surface area contributed by atoms with Crippen molar-refractivity contribution in [1.29, 1.82) is 0 Å². The van der Waals surface area contributed by atoms with Crippen molar-refractivity contribution in [2.75, 3.05) is 35.0 Å². The summed E-state index contributed by atoms with van der Waals surface area (Å²) in [5.74, 6) is 0.719. The Labute approximate surface area is 221 Å². The topological polar surface area (TPSA) is 116 Å². The highest BCUT2D eigenvalue weighted by molar-refractivity contribution is 6.05. The Kier molecular flexibility index (Phi) is 8.38. The van der Waals surface area contributed by atoms with E-state index in [9.17, 15) is 9.59 Å². The summed E-state index contributed by atoms with van der Waals surface area (Å²) in [6.45, 7) is 0.160. The number of ketones is 1. The van der Waals surface area contributed by atoms with E-state index in [2.05, 4.69) is 0 Å². The van der Waals surface area contributed by atoms with Gasteiger partial charge in [0.05, 0.1) is 41.0 Å². The van der Waals surface area contributed by atoms with E-state index in [1.165, 1.54) is 28.4 Å². The van der Waals surface area contributed by atoms with Crippen molar-refractivity contribution in [3.05, 3.63) is 71.3 Å². The summed E-state index contributed by atoms with van der Waals surface area (Å²) in [4.78, 5) is 26.3. The summed E-state index contributed by atoms with van der Waals surface area (Å²) in [5.41, 5.74) is 8.09. The van der Waals surface area contributed by atoms with E-state index in [-0.39, 0.29) is 23.9 Å². The summed E-state index contributed by atoms with van der Waals surface area (Å²) in [6, 6.07) is 15.4. The van der Waals surface area contributed by atoms with Crippen LogP contribution < -0.4 is 34.2 Å². The van der Waals surface area contributed by atoms with Gasteiger partial charge in [-0.2, -0.15) is 0 Å². The lowest BCUT2D eigenvalue weighted by molar-refractivity contribution is -0.135. The number of esters is 1. The first-order valence-electron chi connectivity index (χ1n) is 12.1. The van der Waals surface area contributed by atoms with Gasteiger partial charge in [0.1, 0.15) is 17.4 Å². The maximum atomic E-state index is 13.5. The molecular formula is C29H31NO8. The third kappa shape index (κ3) is 5.52. The SMILES string of the molecule is COc1ccc(CC2COc3cc(OC)c(OC)c(OC)c3C2=O)cc1OC(=O)[C@@H](N)Cc1ccccc1. The van der Waals surface area contributed by atoms with Crippen molar-refractivity contribution in [3.63, 3.8) is 0 Å². The van der Waals surface area contributed by atoms with Crippen LogP contribution in [0.5, 0.6) is 34.5 Å². The van der Waals surface area contributed by atoms with Crippen molar-refractivity contribution < 1.29 is 38.0 Å². The zero-order valence-electron chi connectivity index (χ0n) is 21.8. The van der Waals surface area contributed by atoms with Crippen LogP contribution in [0.25, 0.3) is 0 Å². The predicted molar refractivity (Wildman–Crippen MR) is 140 cm³/mol. The van der Waals surface area contributed by atoms with Gasteiger partial charge in [-0.05, 0) is 36.1 Å². The lowest BCUT2D eigenvalue weighted by Gasteiger charge is -2.27. The van der Waals surface area contributed by atoms with Crippen LogP contribution in [-0.4, -0.2) is 52.8 Å². The number of methoxy groups -OCH3 is 4. The van der Waals surface area contributed by atoms with E-state index in [4.69, 9.17) is 34.2 Å². The first kappa shape index (κ1) is 26.8. The van der Waals surface area contributed by atoms with Gasteiger partial charge in [0.25, 0.3) is 0 Å². The molecule has 0 saturated carbocycles. The van der Waals surface area contributed by atoms with Crippen LogP contribution in [-0.2, 0) is 17.6 Å². The molecule has 9 heteroatoms. The van der Waals surface area contributed by atoms with E-state index in [1.807, 2.05) is 36.4 Å². The van der Waals surface area contributed by atoms with Gasteiger partial charge in [-0.1, -0.05) is 36.4 Å². The van der Waals surface area contributed by atoms with E-state index in [0.717, 1.165) is 11.1 Å². The minimum Gasteiger partial charge on any atom is -0.493 e. The summed E-state index contributed by atoms with van der Waals surface area (Å²) >= 11 is 0. The average Bonchev–Trinajstić information content (AvgIpc) is 2.94.